The summed E-state index contributed by atoms with van der Waals surface area (Å²) in [6, 6.07) is -0.459. The maximum absolute atomic E-state index is 12.9. The average molecular weight is 176 g/mol. The van der Waals surface area contributed by atoms with Crippen LogP contribution in [0, 0.1) is 0 Å². The molecule has 70 valence electrons. The molecular weight excluding hydrogens is 162 g/mol. The average Bonchev–Trinajstić information content (AvgIpc) is 2.05. The van der Waals surface area contributed by atoms with Crippen LogP contribution in [0.1, 0.15) is 12.8 Å². The Hall–Kier alpha value is -0.220. The Balaban J connectivity index is 1.91. The van der Waals surface area contributed by atoms with E-state index in [4.69, 9.17) is 0 Å². The molecule has 2 fully saturated rings. The standard InChI is InChI=1S/C8H14F2N2/c9-8(10)2-1-7(8)12-5-3-11-4-6-12/h7,11H,1-6H2. The van der Waals surface area contributed by atoms with Crippen LogP contribution in [0.3, 0.4) is 0 Å². The molecule has 1 aliphatic heterocycles. The van der Waals surface area contributed by atoms with Gasteiger partial charge in [0, 0.05) is 32.6 Å². The number of rotatable bonds is 1. The van der Waals surface area contributed by atoms with Crippen LogP contribution in [0.2, 0.25) is 0 Å². The fourth-order valence-electron chi connectivity index (χ4n) is 1.94. The van der Waals surface area contributed by atoms with Gasteiger partial charge in [0.15, 0.2) is 0 Å². The van der Waals surface area contributed by atoms with Crippen LogP contribution in [0.5, 0.6) is 0 Å². The van der Waals surface area contributed by atoms with Crippen molar-refractivity contribution < 1.29 is 8.78 Å². The van der Waals surface area contributed by atoms with Crippen molar-refractivity contribution in [2.24, 2.45) is 0 Å². The molecule has 1 aliphatic carbocycles. The Labute approximate surface area is 70.9 Å². The Morgan fingerprint density at radius 1 is 1.25 bits per heavy atom. The van der Waals surface area contributed by atoms with Gasteiger partial charge < -0.3 is 5.32 Å². The molecule has 1 saturated carbocycles. The lowest BCUT2D eigenvalue weighted by Gasteiger charge is -2.45. The summed E-state index contributed by atoms with van der Waals surface area (Å²) in [4.78, 5) is 1.92. The fraction of sp³-hybridized carbons (Fsp3) is 1.00. The van der Waals surface area contributed by atoms with Gasteiger partial charge in [0.1, 0.15) is 0 Å². The van der Waals surface area contributed by atoms with E-state index in [1.165, 1.54) is 0 Å². The summed E-state index contributed by atoms with van der Waals surface area (Å²) in [6.45, 7) is 3.26. The first-order chi connectivity index (χ1) is 5.70. The lowest BCUT2D eigenvalue weighted by atomic mass is 9.86. The highest BCUT2D eigenvalue weighted by atomic mass is 19.3. The summed E-state index contributed by atoms with van der Waals surface area (Å²) < 4.78 is 25.9. The number of nitrogens with one attached hydrogen (secondary N) is 1. The third-order valence-electron chi connectivity index (χ3n) is 2.83. The van der Waals surface area contributed by atoms with Gasteiger partial charge >= 0.3 is 0 Å². The Morgan fingerprint density at radius 2 is 1.92 bits per heavy atom. The Morgan fingerprint density at radius 3 is 2.33 bits per heavy atom. The van der Waals surface area contributed by atoms with E-state index in [-0.39, 0.29) is 6.42 Å². The molecule has 1 N–H and O–H groups in total. The van der Waals surface area contributed by atoms with E-state index in [1.54, 1.807) is 0 Å². The molecule has 1 saturated heterocycles. The number of nitrogens with zero attached hydrogens (tertiary/aromatic N) is 1. The van der Waals surface area contributed by atoms with E-state index in [1.807, 2.05) is 4.90 Å². The largest absolute Gasteiger partial charge is 0.314 e. The van der Waals surface area contributed by atoms with E-state index < -0.39 is 12.0 Å². The monoisotopic (exact) mass is 176 g/mol. The predicted molar refractivity (Wildman–Crippen MR) is 42.4 cm³/mol. The van der Waals surface area contributed by atoms with Crippen LogP contribution < -0.4 is 5.32 Å². The van der Waals surface area contributed by atoms with Gasteiger partial charge in [-0.1, -0.05) is 0 Å². The van der Waals surface area contributed by atoms with Crippen LogP contribution in [0.4, 0.5) is 8.78 Å². The van der Waals surface area contributed by atoms with E-state index in [2.05, 4.69) is 5.32 Å². The second-order valence-corrected chi connectivity index (χ2v) is 3.60. The topological polar surface area (TPSA) is 15.3 Å². The van der Waals surface area contributed by atoms with Gasteiger partial charge in [-0.15, -0.1) is 0 Å². The van der Waals surface area contributed by atoms with Gasteiger partial charge in [0.2, 0.25) is 0 Å². The molecule has 0 radical (unpaired) electrons. The molecule has 1 heterocycles. The summed E-state index contributed by atoms with van der Waals surface area (Å²) in [7, 11) is 0. The maximum atomic E-state index is 12.9. The Kier molecular flexibility index (Phi) is 2.04. The van der Waals surface area contributed by atoms with Crippen molar-refractivity contribution in [2.75, 3.05) is 26.2 Å². The highest BCUT2D eigenvalue weighted by molar-refractivity contribution is 4.96. The van der Waals surface area contributed by atoms with E-state index in [0.29, 0.717) is 6.42 Å². The third-order valence-corrected chi connectivity index (χ3v) is 2.83. The lowest BCUT2D eigenvalue weighted by molar-refractivity contribution is -0.151. The van der Waals surface area contributed by atoms with Crippen LogP contribution in [0.25, 0.3) is 0 Å². The first-order valence-electron chi connectivity index (χ1n) is 4.53. The van der Waals surface area contributed by atoms with Crippen LogP contribution in [0.15, 0.2) is 0 Å². The zero-order valence-electron chi connectivity index (χ0n) is 7.02. The summed E-state index contributed by atoms with van der Waals surface area (Å²) in [5, 5.41) is 3.16. The molecule has 0 aromatic rings. The fourth-order valence-corrected chi connectivity index (χ4v) is 1.94. The van der Waals surface area contributed by atoms with Crippen molar-refractivity contribution >= 4 is 0 Å². The summed E-state index contributed by atoms with van der Waals surface area (Å²) >= 11 is 0. The predicted octanol–water partition coefficient (Wildman–Crippen LogP) is 0.689. The summed E-state index contributed by atoms with van der Waals surface area (Å²) in [5.41, 5.74) is 0. The molecule has 2 nitrogen and oxygen atoms in total. The summed E-state index contributed by atoms with van der Waals surface area (Å²) in [6.07, 6.45) is 0.759. The molecule has 0 aromatic heterocycles. The number of piperazine rings is 1. The molecule has 2 rings (SSSR count). The van der Waals surface area contributed by atoms with Gasteiger partial charge in [-0.2, -0.15) is 0 Å². The first-order valence-corrected chi connectivity index (χ1v) is 4.53. The number of halogens is 2. The lowest BCUT2D eigenvalue weighted by Crippen LogP contribution is -2.59. The van der Waals surface area contributed by atoms with Gasteiger partial charge in [-0.3, -0.25) is 4.90 Å². The van der Waals surface area contributed by atoms with Crippen LogP contribution in [-0.2, 0) is 0 Å². The van der Waals surface area contributed by atoms with E-state index in [0.717, 1.165) is 26.2 Å². The maximum Gasteiger partial charge on any atom is 0.263 e. The van der Waals surface area contributed by atoms with Gasteiger partial charge in [0.05, 0.1) is 6.04 Å². The van der Waals surface area contributed by atoms with Gasteiger partial charge in [0.25, 0.3) is 5.92 Å². The van der Waals surface area contributed by atoms with Gasteiger partial charge in [-0.25, -0.2) is 8.78 Å². The second-order valence-electron chi connectivity index (χ2n) is 3.60. The quantitative estimate of drug-likeness (QED) is 0.632. The molecule has 12 heavy (non-hydrogen) atoms. The molecule has 0 amide bonds. The third kappa shape index (κ3) is 1.33. The highest BCUT2D eigenvalue weighted by Gasteiger charge is 2.51. The normalized spacial score (nSPS) is 36.0. The molecule has 1 atom stereocenters. The Bertz CT molecular complexity index is 166. The van der Waals surface area contributed by atoms with Crippen molar-refractivity contribution in [1.82, 2.24) is 10.2 Å². The molecule has 0 spiro atoms. The minimum atomic E-state index is -2.41. The second kappa shape index (κ2) is 2.92. The highest BCUT2D eigenvalue weighted by Crippen LogP contribution is 2.40. The van der Waals surface area contributed by atoms with Crippen LogP contribution in [-0.4, -0.2) is 43.0 Å². The van der Waals surface area contributed by atoms with Crippen molar-refractivity contribution in [2.45, 2.75) is 24.8 Å². The first kappa shape index (κ1) is 8.38. The number of hydrogen-bond donors (Lipinski definition) is 1. The minimum Gasteiger partial charge on any atom is -0.314 e. The van der Waals surface area contributed by atoms with Crippen molar-refractivity contribution in [3.05, 3.63) is 0 Å². The zero-order chi connectivity index (χ0) is 8.60. The SMILES string of the molecule is FC1(F)CCC1N1CCNCC1. The van der Waals surface area contributed by atoms with Crippen molar-refractivity contribution in [3.63, 3.8) is 0 Å². The minimum absolute atomic E-state index is 0.0849. The zero-order valence-corrected chi connectivity index (χ0v) is 7.02. The smallest absolute Gasteiger partial charge is 0.263 e. The van der Waals surface area contributed by atoms with E-state index >= 15 is 0 Å². The van der Waals surface area contributed by atoms with E-state index in [9.17, 15) is 8.78 Å². The summed E-state index contributed by atoms with van der Waals surface area (Å²) in [5.74, 6) is -2.41. The molecule has 4 heteroatoms. The van der Waals surface area contributed by atoms with Gasteiger partial charge in [-0.05, 0) is 6.42 Å². The molecular formula is C8H14F2N2. The van der Waals surface area contributed by atoms with Crippen molar-refractivity contribution in [1.29, 1.82) is 0 Å². The molecule has 0 aromatic carbocycles. The van der Waals surface area contributed by atoms with Crippen molar-refractivity contribution in [3.8, 4) is 0 Å². The molecule has 2 aliphatic rings. The number of alkyl halides is 2. The molecule has 1 unspecified atom stereocenters. The van der Waals surface area contributed by atoms with Crippen LogP contribution >= 0.6 is 0 Å². The number of hydrogen-bond acceptors (Lipinski definition) is 2. The molecule has 0 bridgehead atoms.